The third-order valence-electron chi connectivity index (χ3n) is 5.01. The summed E-state index contributed by atoms with van der Waals surface area (Å²) in [6, 6.07) is 5.80. The van der Waals surface area contributed by atoms with Gasteiger partial charge in [0.1, 0.15) is 5.52 Å². The second kappa shape index (κ2) is 6.55. The number of thiazole rings is 1. The number of pyridine rings is 1. The van der Waals surface area contributed by atoms with Crippen LogP contribution in [0.15, 0.2) is 35.3 Å². The van der Waals surface area contributed by atoms with Crippen molar-refractivity contribution in [3.05, 3.63) is 56.5 Å². The van der Waals surface area contributed by atoms with Crippen molar-refractivity contribution in [2.45, 2.75) is 31.7 Å². The largest absolute Gasteiger partial charge is 0.252 e. The van der Waals surface area contributed by atoms with Gasteiger partial charge in [0.25, 0.3) is 0 Å². The van der Waals surface area contributed by atoms with Crippen LogP contribution in [0.5, 0.6) is 0 Å². The highest BCUT2D eigenvalue weighted by atomic mass is 35.5. The fourth-order valence-electron chi connectivity index (χ4n) is 3.41. The Morgan fingerprint density at radius 2 is 2.04 bits per heavy atom. The van der Waals surface area contributed by atoms with Gasteiger partial charge in [-0.05, 0) is 43.4 Å². The minimum Gasteiger partial charge on any atom is -0.252 e. The molecule has 3 heterocycles. The first-order valence-electron chi connectivity index (χ1n) is 8.70. The molecule has 1 aliphatic carbocycles. The van der Waals surface area contributed by atoms with Crippen molar-refractivity contribution in [3.63, 3.8) is 0 Å². The first-order valence-corrected chi connectivity index (χ1v) is 10.4. The molecule has 0 spiro atoms. The van der Waals surface area contributed by atoms with Crippen LogP contribution < -0.4 is 0 Å². The van der Waals surface area contributed by atoms with Crippen molar-refractivity contribution in [2.75, 3.05) is 0 Å². The van der Waals surface area contributed by atoms with E-state index in [2.05, 4.69) is 20.3 Å². The normalized spacial score (nSPS) is 15.4. The Labute approximate surface area is 170 Å². The van der Waals surface area contributed by atoms with Crippen LogP contribution in [0.2, 0.25) is 10.0 Å². The Bertz CT molecular complexity index is 1130. The van der Waals surface area contributed by atoms with E-state index >= 15 is 0 Å². The highest BCUT2D eigenvalue weighted by Gasteiger charge is 2.29. The van der Waals surface area contributed by atoms with Crippen molar-refractivity contribution < 1.29 is 0 Å². The maximum absolute atomic E-state index is 6.76. The van der Waals surface area contributed by atoms with Gasteiger partial charge in [-0.2, -0.15) is 0 Å². The van der Waals surface area contributed by atoms with Crippen LogP contribution in [0.4, 0.5) is 0 Å². The molecule has 0 radical (unpaired) electrons. The molecule has 8 heteroatoms. The molecule has 1 aliphatic rings. The van der Waals surface area contributed by atoms with Gasteiger partial charge in [0, 0.05) is 16.0 Å². The number of hydrogen-bond donors (Lipinski definition) is 0. The first-order chi connectivity index (χ1) is 13.1. The Morgan fingerprint density at radius 3 is 2.78 bits per heavy atom. The zero-order chi connectivity index (χ0) is 18.5. The van der Waals surface area contributed by atoms with Gasteiger partial charge in [-0.1, -0.05) is 34.5 Å². The summed E-state index contributed by atoms with van der Waals surface area (Å²) in [5.41, 5.74) is 7.11. The predicted octanol–water partition coefficient (Wildman–Crippen LogP) is 5.74. The van der Waals surface area contributed by atoms with Crippen LogP contribution in [-0.2, 0) is 0 Å². The smallest absolute Gasteiger partial charge is 0.131 e. The van der Waals surface area contributed by atoms with E-state index in [9.17, 15) is 0 Å². The summed E-state index contributed by atoms with van der Waals surface area (Å²) >= 11 is 14.8. The van der Waals surface area contributed by atoms with Crippen LogP contribution in [0.1, 0.15) is 42.9 Å². The zero-order valence-electron chi connectivity index (χ0n) is 14.4. The lowest BCUT2D eigenvalue weighted by Gasteiger charge is -2.18. The average Bonchev–Trinajstić information content (AvgIpc) is 3.19. The van der Waals surface area contributed by atoms with E-state index in [1.54, 1.807) is 11.7 Å². The lowest BCUT2D eigenvalue weighted by molar-refractivity contribution is 0.560. The van der Waals surface area contributed by atoms with Crippen molar-refractivity contribution in [1.29, 1.82) is 0 Å². The SMILES string of the molecule is C[C@H](c1c(Cl)ccc(C2CC2)c1Cl)n1nnc2cnc(-c3cscn3)cc21. The molecule has 1 fully saturated rings. The Hall–Kier alpha value is -2.02. The Balaban J connectivity index is 1.63. The quantitative estimate of drug-likeness (QED) is 0.426. The summed E-state index contributed by atoms with van der Waals surface area (Å²) in [6.45, 7) is 2.04. The Kier molecular flexibility index (Phi) is 4.15. The van der Waals surface area contributed by atoms with E-state index in [1.165, 1.54) is 29.7 Å². The number of aromatic nitrogens is 5. The first kappa shape index (κ1) is 17.1. The van der Waals surface area contributed by atoms with E-state index in [-0.39, 0.29) is 6.04 Å². The van der Waals surface area contributed by atoms with Gasteiger partial charge in [0.2, 0.25) is 0 Å². The van der Waals surface area contributed by atoms with Gasteiger partial charge in [-0.3, -0.25) is 4.98 Å². The molecule has 0 saturated heterocycles. The molecule has 4 aromatic rings. The highest BCUT2D eigenvalue weighted by Crippen LogP contribution is 2.47. The fourth-order valence-corrected chi connectivity index (χ4v) is 4.80. The van der Waals surface area contributed by atoms with Gasteiger partial charge >= 0.3 is 0 Å². The second-order valence-electron chi connectivity index (χ2n) is 6.78. The summed E-state index contributed by atoms with van der Waals surface area (Å²) in [4.78, 5) is 8.79. The van der Waals surface area contributed by atoms with Gasteiger partial charge in [-0.25, -0.2) is 9.67 Å². The molecule has 5 nitrogen and oxygen atoms in total. The number of nitrogens with zero attached hydrogens (tertiary/aromatic N) is 5. The number of fused-ring (bicyclic) bond motifs is 1. The monoisotopic (exact) mass is 415 g/mol. The molecule has 0 N–H and O–H groups in total. The molecule has 3 aromatic heterocycles. The van der Waals surface area contributed by atoms with E-state index in [4.69, 9.17) is 23.2 Å². The van der Waals surface area contributed by atoms with Gasteiger partial charge < -0.3 is 0 Å². The summed E-state index contributed by atoms with van der Waals surface area (Å²) in [5.74, 6) is 0.550. The zero-order valence-corrected chi connectivity index (χ0v) is 16.8. The van der Waals surface area contributed by atoms with E-state index in [0.29, 0.717) is 10.9 Å². The summed E-state index contributed by atoms with van der Waals surface area (Å²) in [5, 5.41) is 12.0. The number of halogens is 2. The van der Waals surface area contributed by atoms with Crippen LogP contribution in [0.3, 0.4) is 0 Å². The minimum absolute atomic E-state index is 0.153. The second-order valence-corrected chi connectivity index (χ2v) is 8.28. The van der Waals surface area contributed by atoms with Crippen molar-refractivity contribution >= 4 is 45.6 Å². The van der Waals surface area contributed by atoms with Crippen LogP contribution in [-0.4, -0.2) is 25.0 Å². The molecule has 0 aliphatic heterocycles. The molecule has 5 rings (SSSR count). The number of hydrogen-bond acceptors (Lipinski definition) is 5. The standard InChI is InChI=1S/C19H15Cl2N5S/c1-10(18-13(20)5-4-12(19(18)21)11-2-3-11)26-17-6-14(16-8-27-9-23-16)22-7-15(17)24-25-26/h4-11H,2-3H2,1H3/t10-/m1/s1. The maximum atomic E-state index is 6.76. The minimum atomic E-state index is -0.153. The molecular formula is C19H15Cl2N5S. The van der Waals surface area contributed by atoms with E-state index in [1.807, 2.05) is 35.2 Å². The topological polar surface area (TPSA) is 56.5 Å². The van der Waals surface area contributed by atoms with Crippen molar-refractivity contribution in [2.24, 2.45) is 0 Å². The van der Waals surface area contributed by atoms with Crippen LogP contribution >= 0.6 is 34.5 Å². The highest BCUT2D eigenvalue weighted by molar-refractivity contribution is 7.07. The van der Waals surface area contributed by atoms with Crippen molar-refractivity contribution in [3.8, 4) is 11.4 Å². The summed E-state index contributed by atoms with van der Waals surface area (Å²) in [7, 11) is 0. The molecule has 0 unspecified atom stereocenters. The average molecular weight is 416 g/mol. The summed E-state index contributed by atoms with van der Waals surface area (Å²) < 4.78 is 1.86. The molecule has 1 atom stereocenters. The van der Waals surface area contributed by atoms with E-state index in [0.717, 1.165) is 33.0 Å². The maximum Gasteiger partial charge on any atom is 0.131 e. The number of benzene rings is 1. The van der Waals surface area contributed by atoms with Gasteiger partial charge in [-0.15, -0.1) is 16.4 Å². The molecule has 27 heavy (non-hydrogen) atoms. The van der Waals surface area contributed by atoms with Crippen LogP contribution in [0.25, 0.3) is 22.4 Å². The molecule has 1 aromatic carbocycles. The fraction of sp³-hybridized carbons (Fsp3) is 0.263. The van der Waals surface area contributed by atoms with Gasteiger partial charge in [0.05, 0.1) is 39.7 Å². The molecule has 0 amide bonds. The van der Waals surface area contributed by atoms with Crippen molar-refractivity contribution in [1.82, 2.24) is 25.0 Å². The molecule has 1 saturated carbocycles. The Morgan fingerprint density at radius 1 is 1.19 bits per heavy atom. The molecular weight excluding hydrogens is 401 g/mol. The van der Waals surface area contributed by atoms with Crippen LogP contribution in [0, 0.1) is 0 Å². The predicted molar refractivity (Wildman–Crippen MR) is 109 cm³/mol. The lowest BCUT2D eigenvalue weighted by Crippen LogP contribution is -2.11. The number of rotatable bonds is 4. The lowest BCUT2D eigenvalue weighted by atomic mass is 10.0. The summed E-state index contributed by atoms with van der Waals surface area (Å²) in [6.07, 6.45) is 4.10. The van der Waals surface area contributed by atoms with Gasteiger partial charge in [0.15, 0.2) is 0 Å². The molecule has 136 valence electrons. The third-order valence-corrected chi connectivity index (χ3v) is 6.35. The van der Waals surface area contributed by atoms with E-state index < -0.39 is 0 Å². The third kappa shape index (κ3) is 2.92. The molecule has 0 bridgehead atoms.